The Morgan fingerprint density at radius 3 is 2.70 bits per heavy atom. The molecule has 1 N–H and O–H groups in total. The molecular weight excluding hydrogens is 382 g/mol. The van der Waals surface area contributed by atoms with Gasteiger partial charge in [0, 0.05) is 41.4 Å². The Labute approximate surface area is 164 Å². The summed E-state index contributed by atoms with van der Waals surface area (Å²) in [5, 5.41) is 8.11. The van der Waals surface area contributed by atoms with Crippen molar-refractivity contribution >= 4 is 21.6 Å². The minimum Gasteiger partial charge on any atom is -0.282 e. The van der Waals surface area contributed by atoms with Gasteiger partial charge in [-0.3, -0.25) is 5.10 Å². The molecule has 7 heteroatoms. The van der Waals surface area contributed by atoms with Crippen molar-refractivity contribution in [2.24, 2.45) is 0 Å². The minimum absolute atomic E-state index is 0.295. The van der Waals surface area contributed by atoms with Crippen molar-refractivity contribution in [1.82, 2.24) is 14.5 Å². The summed E-state index contributed by atoms with van der Waals surface area (Å²) in [6.45, 7) is 4.52. The summed E-state index contributed by atoms with van der Waals surface area (Å²) in [6, 6.07) is 12.9. The summed E-state index contributed by atoms with van der Waals surface area (Å²) >= 11 is 6.11. The number of fused-ring (bicyclic) bond motifs is 1. The number of benzene rings is 2. The van der Waals surface area contributed by atoms with Crippen LogP contribution in [0.2, 0.25) is 5.02 Å². The van der Waals surface area contributed by atoms with Gasteiger partial charge in [-0.15, -0.1) is 0 Å². The number of sulfonamides is 1. The SMILES string of the molecule is Cc1ccc(S(=O)(=O)N2CCc3[nH]nc(-c4cccc(Cl)c4)c3C2)c(C)c1. The van der Waals surface area contributed by atoms with Crippen molar-refractivity contribution in [3.63, 3.8) is 0 Å². The maximum Gasteiger partial charge on any atom is 0.243 e. The zero-order chi connectivity index (χ0) is 19.2. The molecule has 0 radical (unpaired) electrons. The Hall–Kier alpha value is -2.15. The predicted octanol–water partition coefficient (Wildman–Crippen LogP) is 4.09. The zero-order valence-electron chi connectivity index (χ0n) is 15.2. The van der Waals surface area contributed by atoms with Crippen molar-refractivity contribution < 1.29 is 8.42 Å². The maximum absolute atomic E-state index is 13.2. The van der Waals surface area contributed by atoms with E-state index >= 15 is 0 Å². The smallest absolute Gasteiger partial charge is 0.243 e. The molecule has 5 nitrogen and oxygen atoms in total. The first-order valence-corrected chi connectivity index (χ1v) is 10.6. The Morgan fingerprint density at radius 1 is 1.15 bits per heavy atom. The fraction of sp³-hybridized carbons (Fsp3) is 0.250. The first-order valence-electron chi connectivity index (χ1n) is 8.76. The van der Waals surface area contributed by atoms with Gasteiger partial charge in [0.25, 0.3) is 0 Å². The lowest BCUT2D eigenvalue weighted by atomic mass is 10.0. The first kappa shape index (κ1) is 18.2. The van der Waals surface area contributed by atoms with E-state index in [0.717, 1.165) is 33.6 Å². The fourth-order valence-corrected chi connectivity index (χ4v) is 5.38. The molecule has 0 fully saturated rings. The maximum atomic E-state index is 13.2. The van der Waals surface area contributed by atoms with Gasteiger partial charge in [0.05, 0.1) is 10.6 Å². The minimum atomic E-state index is -3.57. The standard InChI is InChI=1S/C20H20ClN3O2S/c1-13-6-7-19(14(2)10-13)27(25,26)24-9-8-18-17(12-24)20(23-22-18)15-4-3-5-16(21)11-15/h3-7,10-11H,8-9,12H2,1-2H3,(H,22,23). The molecule has 27 heavy (non-hydrogen) atoms. The molecular formula is C20H20ClN3O2S. The van der Waals surface area contributed by atoms with E-state index < -0.39 is 10.0 Å². The number of nitrogens with one attached hydrogen (secondary N) is 1. The van der Waals surface area contributed by atoms with Gasteiger partial charge in [-0.2, -0.15) is 9.40 Å². The molecule has 1 aliphatic rings. The van der Waals surface area contributed by atoms with Gasteiger partial charge >= 0.3 is 0 Å². The van der Waals surface area contributed by atoms with Crippen LogP contribution in [-0.4, -0.2) is 29.5 Å². The molecule has 2 aromatic carbocycles. The van der Waals surface area contributed by atoms with Gasteiger partial charge < -0.3 is 0 Å². The highest BCUT2D eigenvalue weighted by molar-refractivity contribution is 7.89. The topological polar surface area (TPSA) is 66.1 Å². The number of aromatic amines is 1. The molecule has 0 aliphatic carbocycles. The van der Waals surface area contributed by atoms with Crippen LogP contribution in [0.1, 0.15) is 22.4 Å². The second-order valence-electron chi connectivity index (χ2n) is 6.90. The van der Waals surface area contributed by atoms with Crippen molar-refractivity contribution in [3.05, 3.63) is 69.9 Å². The molecule has 0 bridgehead atoms. The molecule has 4 rings (SSSR count). The van der Waals surface area contributed by atoms with E-state index in [4.69, 9.17) is 11.6 Å². The molecule has 1 aromatic heterocycles. The molecule has 0 unspecified atom stereocenters. The van der Waals surface area contributed by atoms with Crippen LogP contribution in [-0.2, 0) is 23.0 Å². The van der Waals surface area contributed by atoms with Gasteiger partial charge in [0.2, 0.25) is 10.0 Å². The zero-order valence-corrected chi connectivity index (χ0v) is 16.7. The highest BCUT2D eigenvalue weighted by atomic mass is 35.5. The lowest BCUT2D eigenvalue weighted by Crippen LogP contribution is -2.36. The number of rotatable bonds is 3. The lowest BCUT2D eigenvalue weighted by molar-refractivity contribution is 0.390. The third-order valence-electron chi connectivity index (χ3n) is 4.94. The Bertz CT molecular complexity index is 1120. The van der Waals surface area contributed by atoms with Crippen LogP contribution in [0.15, 0.2) is 47.4 Å². The molecule has 0 atom stereocenters. The highest BCUT2D eigenvalue weighted by Crippen LogP contribution is 2.32. The molecule has 0 spiro atoms. The molecule has 0 saturated carbocycles. The van der Waals surface area contributed by atoms with E-state index in [1.807, 2.05) is 44.2 Å². The number of halogens is 1. The van der Waals surface area contributed by atoms with Crippen molar-refractivity contribution in [2.45, 2.75) is 31.7 Å². The Morgan fingerprint density at radius 2 is 1.96 bits per heavy atom. The summed E-state index contributed by atoms with van der Waals surface area (Å²) < 4.78 is 28.0. The lowest BCUT2D eigenvalue weighted by Gasteiger charge is -2.27. The quantitative estimate of drug-likeness (QED) is 0.718. The van der Waals surface area contributed by atoms with Crippen LogP contribution < -0.4 is 0 Å². The largest absolute Gasteiger partial charge is 0.282 e. The molecule has 1 aliphatic heterocycles. The molecule has 2 heterocycles. The van der Waals surface area contributed by atoms with Crippen LogP contribution in [0.25, 0.3) is 11.3 Å². The molecule has 140 valence electrons. The van der Waals surface area contributed by atoms with Crippen LogP contribution in [0, 0.1) is 13.8 Å². The highest BCUT2D eigenvalue weighted by Gasteiger charge is 2.32. The van der Waals surface area contributed by atoms with E-state index in [-0.39, 0.29) is 0 Å². The summed E-state index contributed by atoms with van der Waals surface area (Å²) in [7, 11) is -3.57. The third kappa shape index (κ3) is 3.29. The number of aromatic nitrogens is 2. The molecule has 0 amide bonds. The monoisotopic (exact) mass is 401 g/mol. The number of aryl methyl sites for hydroxylation is 2. The Kier molecular flexibility index (Phi) is 4.58. The van der Waals surface area contributed by atoms with Gasteiger partial charge in [0.15, 0.2) is 0 Å². The fourth-order valence-electron chi connectivity index (χ4n) is 3.58. The summed E-state index contributed by atoms with van der Waals surface area (Å²) in [6.07, 6.45) is 0.604. The van der Waals surface area contributed by atoms with Crippen molar-refractivity contribution in [1.29, 1.82) is 0 Å². The van der Waals surface area contributed by atoms with Crippen LogP contribution in [0.4, 0.5) is 0 Å². The average molecular weight is 402 g/mol. The van der Waals surface area contributed by atoms with E-state index in [2.05, 4.69) is 10.2 Å². The normalized spacial score (nSPS) is 14.9. The van der Waals surface area contributed by atoms with Gasteiger partial charge in [0.1, 0.15) is 0 Å². The van der Waals surface area contributed by atoms with Crippen molar-refractivity contribution in [3.8, 4) is 11.3 Å². The number of nitrogens with zero attached hydrogens (tertiary/aromatic N) is 2. The van der Waals surface area contributed by atoms with E-state index in [1.165, 1.54) is 4.31 Å². The summed E-state index contributed by atoms with van der Waals surface area (Å²) in [4.78, 5) is 0.365. The second-order valence-corrected chi connectivity index (χ2v) is 9.24. The van der Waals surface area contributed by atoms with Gasteiger partial charge in [-0.25, -0.2) is 8.42 Å². The van der Waals surface area contributed by atoms with Gasteiger partial charge in [-0.05, 0) is 37.6 Å². The predicted molar refractivity (Wildman–Crippen MR) is 106 cm³/mol. The van der Waals surface area contributed by atoms with Crippen LogP contribution >= 0.6 is 11.6 Å². The number of hydrogen-bond donors (Lipinski definition) is 1. The molecule has 3 aromatic rings. The average Bonchev–Trinajstić information content (AvgIpc) is 3.04. The van der Waals surface area contributed by atoms with Crippen LogP contribution in [0.3, 0.4) is 0 Å². The number of H-pyrrole nitrogens is 1. The Balaban J connectivity index is 1.72. The first-order chi connectivity index (χ1) is 12.9. The van der Waals surface area contributed by atoms with E-state index in [0.29, 0.717) is 29.4 Å². The summed E-state index contributed by atoms with van der Waals surface area (Å²) in [5.41, 5.74) is 5.35. The van der Waals surface area contributed by atoms with E-state index in [1.54, 1.807) is 12.1 Å². The third-order valence-corrected chi connectivity index (χ3v) is 7.19. The second kappa shape index (κ2) is 6.78. The number of hydrogen-bond acceptors (Lipinski definition) is 3. The van der Waals surface area contributed by atoms with Crippen LogP contribution in [0.5, 0.6) is 0 Å². The van der Waals surface area contributed by atoms with E-state index in [9.17, 15) is 8.42 Å². The van der Waals surface area contributed by atoms with Gasteiger partial charge in [-0.1, -0.05) is 41.4 Å². The summed E-state index contributed by atoms with van der Waals surface area (Å²) in [5.74, 6) is 0. The molecule has 0 saturated heterocycles. The van der Waals surface area contributed by atoms with Crippen molar-refractivity contribution in [2.75, 3.05) is 6.54 Å².